The molecular weight excluding hydrogens is 432 g/mol. The van der Waals surface area contributed by atoms with Crippen molar-refractivity contribution in [2.45, 2.75) is 6.42 Å². The summed E-state index contributed by atoms with van der Waals surface area (Å²) in [7, 11) is 3.12. The van der Waals surface area contributed by atoms with E-state index in [0.29, 0.717) is 29.2 Å². The van der Waals surface area contributed by atoms with Crippen LogP contribution in [0.2, 0.25) is 0 Å². The normalized spacial score (nSPS) is 11.5. The van der Waals surface area contributed by atoms with Crippen molar-refractivity contribution in [3.8, 4) is 23.0 Å². The smallest absolute Gasteiger partial charge is 0.318 e. The minimum atomic E-state index is -2.11. The third-order valence-corrected chi connectivity index (χ3v) is 4.94. The lowest BCUT2D eigenvalue weighted by Crippen LogP contribution is -2.26. The summed E-state index contributed by atoms with van der Waals surface area (Å²) in [5, 5.41) is 5.67. The Morgan fingerprint density at radius 2 is 1.84 bits per heavy atom. The molecule has 1 aromatic heterocycles. The van der Waals surface area contributed by atoms with E-state index < -0.39 is 17.0 Å². The molecule has 3 aromatic rings. The molecule has 0 aliphatic heterocycles. The van der Waals surface area contributed by atoms with Crippen LogP contribution in [0.25, 0.3) is 11.3 Å². The average Bonchev–Trinajstić information content (AvgIpc) is 2.82. The first-order valence-electron chi connectivity index (χ1n) is 9.74. The van der Waals surface area contributed by atoms with Crippen LogP contribution in [0.3, 0.4) is 0 Å². The molecule has 10 heteroatoms. The molecule has 1 heterocycles. The maximum absolute atomic E-state index is 12.2. The first-order chi connectivity index (χ1) is 15.5. The fourth-order valence-corrected chi connectivity index (χ4v) is 3.19. The first-order valence-corrected chi connectivity index (χ1v) is 11.0. The van der Waals surface area contributed by atoms with E-state index in [4.69, 9.17) is 14.0 Å². The van der Waals surface area contributed by atoms with Crippen LogP contribution in [0.4, 0.5) is 5.82 Å². The minimum Gasteiger partial charge on any atom is -0.497 e. The van der Waals surface area contributed by atoms with Crippen molar-refractivity contribution in [2.75, 3.05) is 32.0 Å². The molecule has 2 aromatic carbocycles. The van der Waals surface area contributed by atoms with Gasteiger partial charge in [0.15, 0.2) is 11.1 Å². The largest absolute Gasteiger partial charge is 0.497 e. The molecule has 1 unspecified atom stereocenters. The van der Waals surface area contributed by atoms with Crippen molar-refractivity contribution in [3.63, 3.8) is 0 Å². The lowest BCUT2D eigenvalue weighted by Gasteiger charge is -2.11. The number of aromatic nitrogens is 2. The summed E-state index contributed by atoms with van der Waals surface area (Å²) in [5.74, 6) is 0.610. The summed E-state index contributed by atoms with van der Waals surface area (Å²) in [4.78, 5) is 20.9. The molecule has 0 radical (unpaired) electrons. The van der Waals surface area contributed by atoms with Gasteiger partial charge in [0, 0.05) is 23.7 Å². The Labute approximate surface area is 188 Å². The van der Waals surface area contributed by atoms with Crippen LogP contribution in [0.1, 0.15) is 15.9 Å². The molecule has 3 rings (SSSR count). The van der Waals surface area contributed by atoms with Crippen LogP contribution in [-0.4, -0.2) is 51.3 Å². The van der Waals surface area contributed by atoms with E-state index in [0.717, 1.165) is 17.7 Å². The van der Waals surface area contributed by atoms with Crippen molar-refractivity contribution in [2.24, 2.45) is 0 Å². The second-order valence-corrected chi connectivity index (χ2v) is 7.63. The zero-order valence-corrected chi connectivity index (χ0v) is 18.5. The van der Waals surface area contributed by atoms with Gasteiger partial charge in [-0.15, -0.1) is 0 Å². The highest BCUT2D eigenvalue weighted by atomic mass is 32.2. The van der Waals surface area contributed by atoms with Gasteiger partial charge in [0.25, 0.3) is 5.91 Å². The van der Waals surface area contributed by atoms with Gasteiger partial charge in [-0.2, -0.15) is 9.97 Å². The SMILES string of the molecule is COc1ccc(CCNc2cc(-c3cccc(C(=O)NCS(=O)O)c3)nc(OC)n2)cc1. The number of methoxy groups -OCH3 is 2. The van der Waals surface area contributed by atoms with Crippen LogP contribution >= 0.6 is 0 Å². The van der Waals surface area contributed by atoms with Crippen molar-refractivity contribution in [3.05, 3.63) is 65.7 Å². The number of amides is 1. The number of ether oxygens (including phenoxy) is 2. The minimum absolute atomic E-state index is 0.194. The van der Waals surface area contributed by atoms with E-state index in [1.165, 1.54) is 7.11 Å². The van der Waals surface area contributed by atoms with Crippen LogP contribution in [-0.2, 0) is 17.5 Å². The Morgan fingerprint density at radius 3 is 2.53 bits per heavy atom. The van der Waals surface area contributed by atoms with E-state index in [-0.39, 0.29) is 11.9 Å². The van der Waals surface area contributed by atoms with Gasteiger partial charge in [0.05, 0.1) is 19.9 Å². The summed E-state index contributed by atoms with van der Waals surface area (Å²) in [6, 6.07) is 16.6. The molecule has 0 aliphatic carbocycles. The Bertz CT molecular complexity index is 1090. The molecule has 1 atom stereocenters. The van der Waals surface area contributed by atoms with Gasteiger partial charge in [-0.25, -0.2) is 4.21 Å². The Morgan fingerprint density at radius 1 is 1.06 bits per heavy atom. The quantitative estimate of drug-likeness (QED) is 0.398. The molecule has 0 fully saturated rings. The fourth-order valence-electron chi connectivity index (χ4n) is 2.93. The first kappa shape index (κ1) is 23.2. The molecular formula is C22H24N4O5S. The Kier molecular flexibility index (Phi) is 8.12. The number of nitrogens with one attached hydrogen (secondary N) is 2. The zero-order chi connectivity index (χ0) is 22.9. The van der Waals surface area contributed by atoms with Crippen molar-refractivity contribution in [1.82, 2.24) is 15.3 Å². The van der Waals surface area contributed by atoms with E-state index in [1.807, 2.05) is 30.3 Å². The molecule has 0 saturated heterocycles. The van der Waals surface area contributed by atoms with Gasteiger partial charge >= 0.3 is 6.01 Å². The van der Waals surface area contributed by atoms with E-state index in [9.17, 15) is 9.00 Å². The van der Waals surface area contributed by atoms with Gasteiger partial charge in [-0.1, -0.05) is 24.3 Å². The van der Waals surface area contributed by atoms with E-state index >= 15 is 0 Å². The topological polar surface area (TPSA) is 123 Å². The van der Waals surface area contributed by atoms with Gasteiger partial charge in [0.1, 0.15) is 17.4 Å². The van der Waals surface area contributed by atoms with Crippen molar-refractivity contribution < 1.29 is 23.0 Å². The second kappa shape index (κ2) is 11.2. The molecule has 0 saturated carbocycles. The molecule has 0 spiro atoms. The maximum atomic E-state index is 12.2. The fraction of sp³-hybridized carbons (Fsp3) is 0.227. The molecule has 0 aliphatic rings. The standard InChI is InChI=1S/C22H24N4O5S/c1-30-18-8-6-15(7-9-18)10-11-23-20-13-19(25-22(26-20)31-2)16-4-3-5-17(12-16)21(27)24-14-32(28)29/h3-9,12-13H,10-11,14H2,1-2H3,(H,24,27)(H,28,29)(H,23,25,26). The highest BCUT2D eigenvalue weighted by molar-refractivity contribution is 7.79. The number of rotatable bonds is 10. The summed E-state index contributed by atoms with van der Waals surface area (Å²) in [6.07, 6.45) is 0.785. The summed E-state index contributed by atoms with van der Waals surface area (Å²) < 4.78 is 30.0. The summed E-state index contributed by atoms with van der Waals surface area (Å²) in [5.41, 5.74) is 2.76. The number of nitrogens with zero attached hydrogens (tertiary/aromatic N) is 2. The van der Waals surface area contributed by atoms with Gasteiger partial charge in [0.2, 0.25) is 0 Å². The third-order valence-electron chi connectivity index (χ3n) is 4.54. The number of anilines is 1. The molecule has 9 nitrogen and oxygen atoms in total. The lowest BCUT2D eigenvalue weighted by atomic mass is 10.1. The van der Waals surface area contributed by atoms with Crippen LogP contribution in [0, 0.1) is 0 Å². The van der Waals surface area contributed by atoms with Gasteiger partial charge in [-0.3, -0.25) is 4.79 Å². The highest BCUT2D eigenvalue weighted by Crippen LogP contribution is 2.23. The van der Waals surface area contributed by atoms with Crippen LogP contribution in [0.5, 0.6) is 11.8 Å². The summed E-state index contributed by atoms with van der Waals surface area (Å²) >= 11 is -2.11. The predicted octanol–water partition coefficient (Wildman–Crippen LogP) is 2.72. The number of hydrogen-bond donors (Lipinski definition) is 3. The molecule has 1 amide bonds. The van der Waals surface area contributed by atoms with Gasteiger partial charge < -0.3 is 24.7 Å². The lowest BCUT2D eigenvalue weighted by molar-refractivity contribution is 0.0959. The van der Waals surface area contributed by atoms with Crippen LogP contribution in [0.15, 0.2) is 54.6 Å². The number of carbonyl (C=O) groups excluding carboxylic acids is 1. The third kappa shape index (κ3) is 6.50. The number of carbonyl (C=O) groups is 1. The number of hydrogen-bond acceptors (Lipinski definition) is 7. The highest BCUT2D eigenvalue weighted by Gasteiger charge is 2.11. The van der Waals surface area contributed by atoms with Crippen molar-refractivity contribution in [1.29, 1.82) is 0 Å². The van der Waals surface area contributed by atoms with Gasteiger partial charge in [-0.05, 0) is 36.2 Å². The summed E-state index contributed by atoms with van der Waals surface area (Å²) in [6.45, 7) is 0.646. The maximum Gasteiger partial charge on any atom is 0.318 e. The number of benzene rings is 2. The average molecular weight is 457 g/mol. The molecule has 32 heavy (non-hydrogen) atoms. The molecule has 168 valence electrons. The predicted molar refractivity (Wildman–Crippen MR) is 122 cm³/mol. The zero-order valence-electron chi connectivity index (χ0n) is 17.7. The van der Waals surface area contributed by atoms with E-state index in [2.05, 4.69) is 20.6 Å². The Balaban J connectivity index is 1.73. The van der Waals surface area contributed by atoms with Crippen molar-refractivity contribution >= 4 is 22.8 Å². The van der Waals surface area contributed by atoms with E-state index in [1.54, 1.807) is 31.4 Å². The second-order valence-electron chi connectivity index (χ2n) is 6.70. The Hall–Kier alpha value is -3.50. The monoisotopic (exact) mass is 456 g/mol. The molecule has 0 bridgehead atoms. The van der Waals surface area contributed by atoms with Crippen LogP contribution < -0.4 is 20.1 Å². The molecule has 3 N–H and O–H groups in total.